The lowest BCUT2D eigenvalue weighted by molar-refractivity contribution is -0.0498. The molecule has 20 heavy (non-hydrogen) atoms. The molecule has 0 aromatic heterocycles. The molecule has 0 aliphatic heterocycles. The molecule has 0 radical (unpaired) electrons. The van der Waals surface area contributed by atoms with Crippen molar-refractivity contribution in [2.45, 2.75) is 24.8 Å². The summed E-state index contributed by atoms with van der Waals surface area (Å²) < 4.78 is 28.8. The summed E-state index contributed by atoms with van der Waals surface area (Å²) in [6, 6.07) is 15.0. The minimum Gasteiger partial charge on any atom is -0.435 e. The minimum absolute atomic E-state index is 0.0615. The van der Waals surface area contributed by atoms with E-state index in [1.54, 1.807) is 12.1 Å². The molecule has 2 rings (SSSR count). The normalized spacial score (nSPS) is 12.4. The molecule has 1 nitrogen and oxygen atoms in total. The van der Waals surface area contributed by atoms with Crippen LogP contribution in [0.1, 0.15) is 21.5 Å². The van der Waals surface area contributed by atoms with Gasteiger partial charge in [0.2, 0.25) is 0 Å². The van der Waals surface area contributed by atoms with Crippen LogP contribution in [-0.4, -0.2) is 6.61 Å². The first-order valence-corrected chi connectivity index (χ1v) is 7.20. The molecule has 106 valence electrons. The van der Waals surface area contributed by atoms with Crippen molar-refractivity contribution in [1.82, 2.24) is 0 Å². The molecule has 4 heteroatoms. The van der Waals surface area contributed by atoms with Gasteiger partial charge in [-0.3, -0.25) is 0 Å². The fraction of sp³-hybridized carbons (Fsp3) is 0.250. The quantitative estimate of drug-likeness (QED) is 0.673. The van der Waals surface area contributed by atoms with Crippen LogP contribution in [0.25, 0.3) is 0 Å². The van der Waals surface area contributed by atoms with Crippen LogP contribution in [0.5, 0.6) is 5.75 Å². The van der Waals surface area contributed by atoms with Crippen molar-refractivity contribution in [1.29, 1.82) is 0 Å². The van der Waals surface area contributed by atoms with E-state index in [0.29, 0.717) is 0 Å². The number of aryl methyl sites for hydroxylation is 1. The van der Waals surface area contributed by atoms with Crippen molar-refractivity contribution >= 4 is 15.9 Å². The molecule has 0 bridgehead atoms. The largest absolute Gasteiger partial charge is 0.435 e. The van der Waals surface area contributed by atoms with Crippen LogP contribution in [-0.2, 0) is 6.42 Å². The van der Waals surface area contributed by atoms with Gasteiger partial charge in [-0.05, 0) is 36.6 Å². The fourth-order valence-corrected chi connectivity index (χ4v) is 2.59. The Bertz CT molecular complexity index is 555. The van der Waals surface area contributed by atoms with E-state index in [-0.39, 0.29) is 10.6 Å². The molecule has 2 aromatic rings. The van der Waals surface area contributed by atoms with Gasteiger partial charge in [0.05, 0.1) is 0 Å². The van der Waals surface area contributed by atoms with E-state index >= 15 is 0 Å². The van der Waals surface area contributed by atoms with Gasteiger partial charge in [0.1, 0.15) is 5.75 Å². The van der Waals surface area contributed by atoms with E-state index in [1.165, 1.54) is 17.2 Å². The summed E-state index contributed by atoms with van der Waals surface area (Å²) in [4.78, 5) is 0.0615. The van der Waals surface area contributed by atoms with Gasteiger partial charge in [-0.2, -0.15) is 8.78 Å². The maximum atomic E-state index is 12.2. The molecule has 0 heterocycles. The van der Waals surface area contributed by atoms with Crippen molar-refractivity contribution in [3.05, 3.63) is 65.2 Å². The number of ether oxygens (including phenoxy) is 1. The summed E-state index contributed by atoms with van der Waals surface area (Å²) in [6.45, 7) is -0.753. The standard InChI is InChI=1S/C16H15BrF2O/c1-11-5-7-12(8-6-11)9-15(17)13-3-2-4-14(10-13)20-16(18)19/h2-8,10,15-16H,9H2,1H3. The van der Waals surface area contributed by atoms with Crippen molar-refractivity contribution in [2.24, 2.45) is 0 Å². The zero-order valence-electron chi connectivity index (χ0n) is 11.0. The first kappa shape index (κ1) is 15.0. The second-order valence-electron chi connectivity index (χ2n) is 4.61. The molecule has 0 N–H and O–H groups in total. The number of benzene rings is 2. The summed E-state index contributed by atoms with van der Waals surface area (Å²) in [5.74, 6) is 0.186. The van der Waals surface area contributed by atoms with E-state index in [2.05, 4.69) is 44.9 Å². The van der Waals surface area contributed by atoms with E-state index in [9.17, 15) is 8.78 Å². The van der Waals surface area contributed by atoms with Crippen molar-refractivity contribution in [3.63, 3.8) is 0 Å². The predicted molar refractivity (Wildman–Crippen MR) is 79.6 cm³/mol. The second-order valence-corrected chi connectivity index (χ2v) is 5.71. The molecule has 1 atom stereocenters. The molecular weight excluding hydrogens is 326 g/mol. The maximum absolute atomic E-state index is 12.2. The summed E-state index contributed by atoms with van der Waals surface area (Å²) in [7, 11) is 0. The third-order valence-electron chi connectivity index (χ3n) is 2.98. The molecule has 0 spiro atoms. The van der Waals surface area contributed by atoms with Gasteiger partial charge in [0.25, 0.3) is 0 Å². The highest BCUT2D eigenvalue weighted by atomic mass is 79.9. The highest BCUT2D eigenvalue weighted by Crippen LogP contribution is 2.29. The molecular formula is C16H15BrF2O. The van der Waals surface area contributed by atoms with Gasteiger partial charge in [-0.15, -0.1) is 0 Å². The maximum Gasteiger partial charge on any atom is 0.387 e. The highest BCUT2D eigenvalue weighted by Gasteiger charge is 2.11. The molecule has 0 saturated heterocycles. The molecule has 0 aliphatic carbocycles. The number of alkyl halides is 3. The average molecular weight is 341 g/mol. The third-order valence-corrected chi connectivity index (χ3v) is 3.83. The molecule has 0 amide bonds. The van der Waals surface area contributed by atoms with Crippen molar-refractivity contribution in [3.8, 4) is 5.75 Å². The molecule has 0 fully saturated rings. The van der Waals surface area contributed by atoms with Crippen LogP contribution in [0.3, 0.4) is 0 Å². The lowest BCUT2D eigenvalue weighted by atomic mass is 10.0. The van der Waals surface area contributed by atoms with Crippen LogP contribution in [0.2, 0.25) is 0 Å². The van der Waals surface area contributed by atoms with Crippen molar-refractivity contribution < 1.29 is 13.5 Å². The lowest BCUT2D eigenvalue weighted by Crippen LogP contribution is -2.03. The van der Waals surface area contributed by atoms with Crippen LogP contribution in [0.15, 0.2) is 48.5 Å². The topological polar surface area (TPSA) is 9.23 Å². The van der Waals surface area contributed by atoms with Gasteiger partial charge in [-0.25, -0.2) is 0 Å². The summed E-state index contributed by atoms with van der Waals surface area (Å²) in [5.41, 5.74) is 3.33. The molecule has 0 aliphatic rings. The van der Waals surface area contributed by atoms with Gasteiger partial charge in [-0.1, -0.05) is 57.9 Å². The molecule has 1 unspecified atom stereocenters. The Labute approximate surface area is 125 Å². The number of hydrogen-bond acceptors (Lipinski definition) is 1. The molecule has 2 aromatic carbocycles. The number of halogens is 3. The van der Waals surface area contributed by atoms with E-state index in [1.807, 2.05) is 13.0 Å². The third kappa shape index (κ3) is 4.30. The Morgan fingerprint density at radius 2 is 1.80 bits per heavy atom. The number of rotatable bonds is 5. The predicted octanol–water partition coefficient (Wildman–Crippen LogP) is 5.28. The van der Waals surface area contributed by atoms with E-state index in [0.717, 1.165) is 12.0 Å². The summed E-state index contributed by atoms with van der Waals surface area (Å²) >= 11 is 3.60. The average Bonchev–Trinajstić information content (AvgIpc) is 2.41. The van der Waals surface area contributed by atoms with Gasteiger partial charge < -0.3 is 4.74 Å². The zero-order chi connectivity index (χ0) is 14.5. The Hall–Kier alpha value is -1.42. The first-order valence-electron chi connectivity index (χ1n) is 6.29. The fourth-order valence-electron chi connectivity index (χ4n) is 1.93. The Balaban J connectivity index is 2.08. The summed E-state index contributed by atoms with van der Waals surface area (Å²) in [6.07, 6.45) is 0.790. The van der Waals surface area contributed by atoms with E-state index < -0.39 is 6.61 Å². The monoisotopic (exact) mass is 340 g/mol. The second kappa shape index (κ2) is 6.84. The Morgan fingerprint density at radius 1 is 1.10 bits per heavy atom. The van der Waals surface area contributed by atoms with Crippen LogP contribution >= 0.6 is 15.9 Å². The van der Waals surface area contributed by atoms with Gasteiger partial charge in [0, 0.05) is 4.83 Å². The van der Waals surface area contributed by atoms with E-state index in [4.69, 9.17) is 0 Å². The van der Waals surface area contributed by atoms with Gasteiger partial charge in [0.15, 0.2) is 0 Å². The van der Waals surface area contributed by atoms with Crippen LogP contribution in [0, 0.1) is 6.92 Å². The van der Waals surface area contributed by atoms with Gasteiger partial charge >= 0.3 is 6.61 Å². The lowest BCUT2D eigenvalue weighted by Gasteiger charge is -2.12. The summed E-state index contributed by atoms with van der Waals surface area (Å²) in [5, 5.41) is 0. The Morgan fingerprint density at radius 3 is 2.45 bits per heavy atom. The first-order chi connectivity index (χ1) is 9.54. The zero-order valence-corrected chi connectivity index (χ0v) is 12.6. The van der Waals surface area contributed by atoms with Crippen LogP contribution < -0.4 is 4.74 Å². The molecule has 0 saturated carbocycles. The van der Waals surface area contributed by atoms with Crippen LogP contribution in [0.4, 0.5) is 8.78 Å². The number of hydrogen-bond donors (Lipinski definition) is 0. The SMILES string of the molecule is Cc1ccc(CC(Br)c2cccc(OC(F)F)c2)cc1. The van der Waals surface area contributed by atoms with Crippen molar-refractivity contribution in [2.75, 3.05) is 0 Å². The minimum atomic E-state index is -2.80. The highest BCUT2D eigenvalue weighted by molar-refractivity contribution is 9.09. The smallest absolute Gasteiger partial charge is 0.387 e. The Kier molecular flexibility index (Phi) is 5.12.